The first-order chi connectivity index (χ1) is 9.81. The van der Waals surface area contributed by atoms with E-state index >= 15 is 0 Å². The molecule has 3 aliphatic heterocycles. The first-order valence-corrected chi connectivity index (χ1v) is 6.81. The lowest BCUT2D eigenvalue weighted by Crippen LogP contribution is -2.67. The minimum absolute atomic E-state index is 0.570. The molecule has 1 N–H and O–H groups in total. The van der Waals surface area contributed by atoms with E-state index in [0.717, 1.165) is 24.4 Å². The summed E-state index contributed by atoms with van der Waals surface area (Å²) < 4.78 is 10.6. The lowest BCUT2D eigenvalue weighted by molar-refractivity contribution is 0.216. The summed E-state index contributed by atoms with van der Waals surface area (Å²) in [5.74, 6) is 1.39. The first-order valence-electron chi connectivity index (χ1n) is 6.81. The zero-order valence-corrected chi connectivity index (χ0v) is 11.2. The van der Waals surface area contributed by atoms with Gasteiger partial charge in [0, 0.05) is 30.7 Å². The first kappa shape index (κ1) is 11.7. The molecule has 2 aromatic rings. The standard InChI is InChI=1S/C14H16N4O2/c1-19-12-4-2-3-9(5-12)13-16-14(20-17-13)18-7-10-6-11(8-18)15-10/h2-5,10-11,15H,6-8H2,1H3. The molecule has 6 nitrogen and oxygen atoms in total. The van der Waals surface area contributed by atoms with Crippen LogP contribution in [0.4, 0.5) is 6.01 Å². The molecular formula is C14H16N4O2. The maximum absolute atomic E-state index is 5.40. The number of ether oxygens (including phenoxy) is 1. The van der Waals surface area contributed by atoms with Crippen LogP contribution in [0.2, 0.25) is 0 Å². The highest BCUT2D eigenvalue weighted by Crippen LogP contribution is 2.27. The summed E-state index contributed by atoms with van der Waals surface area (Å²) in [6, 6.07) is 9.43. The highest BCUT2D eigenvalue weighted by Gasteiger charge is 2.38. The van der Waals surface area contributed by atoms with Crippen molar-refractivity contribution < 1.29 is 9.26 Å². The Morgan fingerprint density at radius 1 is 1.35 bits per heavy atom. The Morgan fingerprint density at radius 3 is 2.90 bits per heavy atom. The van der Waals surface area contributed by atoms with E-state index in [1.165, 1.54) is 6.42 Å². The van der Waals surface area contributed by atoms with Gasteiger partial charge in [0.2, 0.25) is 5.82 Å². The second-order valence-corrected chi connectivity index (χ2v) is 5.33. The number of piperazine rings is 1. The van der Waals surface area contributed by atoms with Gasteiger partial charge in [0.05, 0.1) is 7.11 Å². The van der Waals surface area contributed by atoms with Crippen molar-refractivity contribution in [2.45, 2.75) is 18.5 Å². The van der Waals surface area contributed by atoms with Gasteiger partial charge in [0.25, 0.3) is 0 Å². The predicted molar refractivity (Wildman–Crippen MR) is 73.8 cm³/mol. The molecule has 3 fully saturated rings. The van der Waals surface area contributed by atoms with Crippen molar-refractivity contribution in [2.24, 2.45) is 0 Å². The lowest BCUT2D eigenvalue weighted by Gasteiger charge is -2.47. The molecule has 0 spiro atoms. The van der Waals surface area contributed by atoms with Gasteiger partial charge in [-0.3, -0.25) is 0 Å². The number of anilines is 1. The van der Waals surface area contributed by atoms with Crippen molar-refractivity contribution in [3.05, 3.63) is 24.3 Å². The zero-order valence-electron chi connectivity index (χ0n) is 11.2. The molecule has 104 valence electrons. The maximum atomic E-state index is 5.40. The van der Waals surface area contributed by atoms with E-state index < -0.39 is 0 Å². The average Bonchev–Trinajstić information content (AvgIpc) is 2.97. The monoisotopic (exact) mass is 272 g/mol. The van der Waals surface area contributed by atoms with Crippen molar-refractivity contribution in [3.8, 4) is 17.1 Å². The third-order valence-corrected chi connectivity index (χ3v) is 3.94. The second-order valence-electron chi connectivity index (χ2n) is 5.33. The van der Waals surface area contributed by atoms with E-state index in [1.54, 1.807) is 7.11 Å². The molecule has 0 amide bonds. The van der Waals surface area contributed by atoms with Crippen LogP contribution < -0.4 is 15.0 Å². The molecule has 0 aliphatic carbocycles. The molecule has 5 rings (SSSR count). The minimum Gasteiger partial charge on any atom is -0.497 e. The number of fused-ring (bicyclic) bond motifs is 2. The Morgan fingerprint density at radius 2 is 2.15 bits per heavy atom. The van der Waals surface area contributed by atoms with Crippen LogP contribution in [0.25, 0.3) is 11.4 Å². The summed E-state index contributed by atoms with van der Waals surface area (Å²) in [6.45, 7) is 1.88. The molecule has 2 atom stereocenters. The SMILES string of the molecule is COc1cccc(-c2noc(N3CC4CC(C3)N4)n2)c1. The quantitative estimate of drug-likeness (QED) is 0.908. The molecule has 0 radical (unpaired) electrons. The largest absolute Gasteiger partial charge is 0.497 e. The topological polar surface area (TPSA) is 63.4 Å². The average molecular weight is 272 g/mol. The number of nitrogens with zero attached hydrogens (tertiary/aromatic N) is 3. The van der Waals surface area contributed by atoms with Gasteiger partial charge in [-0.05, 0) is 18.6 Å². The second kappa shape index (κ2) is 4.49. The molecule has 4 heterocycles. The third kappa shape index (κ3) is 1.92. The predicted octanol–water partition coefficient (Wildman–Crippen LogP) is 1.30. The van der Waals surface area contributed by atoms with E-state index in [0.29, 0.717) is 23.9 Å². The lowest BCUT2D eigenvalue weighted by atomic mass is 9.92. The van der Waals surface area contributed by atoms with Gasteiger partial charge in [-0.1, -0.05) is 17.3 Å². The van der Waals surface area contributed by atoms with E-state index in [9.17, 15) is 0 Å². The summed E-state index contributed by atoms with van der Waals surface area (Å²) in [4.78, 5) is 6.66. The molecule has 1 aromatic heterocycles. The molecule has 3 aliphatic rings. The number of nitrogens with one attached hydrogen (secondary N) is 1. The van der Waals surface area contributed by atoms with Gasteiger partial charge in [-0.25, -0.2) is 0 Å². The summed E-state index contributed by atoms with van der Waals surface area (Å²) in [6.07, 6.45) is 1.26. The van der Waals surface area contributed by atoms with E-state index in [4.69, 9.17) is 9.26 Å². The smallest absolute Gasteiger partial charge is 0.324 e. The molecule has 6 heteroatoms. The molecular weight excluding hydrogens is 256 g/mol. The number of benzene rings is 1. The van der Waals surface area contributed by atoms with Crippen LogP contribution in [-0.2, 0) is 0 Å². The van der Waals surface area contributed by atoms with Crippen LogP contribution >= 0.6 is 0 Å². The summed E-state index contributed by atoms with van der Waals surface area (Å²) in [5, 5.41) is 7.56. The van der Waals surface area contributed by atoms with E-state index in [2.05, 4.69) is 20.4 Å². The number of hydrogen-bond donors (Lipinski definition) is 1. The van der Waals surface area contributed by atoms with Gasteiger partial charge in [0.15, 0.2) is 0 Å². The normalized spacial score (nSPS) is 24.4. The number of piperidine rings is 1. The fourth-order valence-corrected chi connectivity index (χ4v) is 2.89. The van der Waals surface area contributed by atoms with Crippen LogP contribution in [0.1, 0.15) is 6.42 Å². The van der Waals surface area contributed by atoms with Crippen LogP contribution in [0.3, 0.4) is 0 Å². The summed E-state index contributed by atoms with van der Waals surface area (Å²) in [7, 11) is 1.65. The third-order valence-electron chi connectivity index (χ3n) is 3.94. The fourth-order valence-electron chi connectivity index (χ4n) is 2.89. The Hall–Kier alpha value is -2.08. The molecule has 20 heavy (non-hydrogen) atoms. The zero-order chi connectivity index (χ0) is 13.5. The van der Waals surface area contributed by atoms with Crippen molar-refractivity contribution in [1.29, 1.82) is 0 Å². The van der Waals surface area contributed by atoms with E-state index in [1.807, 2.05) is 24.3 Å². The number of aromatic nitrogens is 2. The highest BCUT2D eigenvalue weighted by atomic mass is 16.5. The summed E-state index contributed by atoms with van der Waals surface area (Å²) in [5.41, 5.74) is 0.902. The van der Waals surface area contributed by atoms with Crippen molar-refractivity contribution in [1.82, 2.24) is 15.5 Å². The number of hydrogen-bond acceptors (Lipinski definition) is 6. The van der Waals surface area contributed by atoms with Crippen LogP contribution in [0.5, 0.6) is 5.75 Å². The Kier molecular flexibility index (Phi) is 2.63. The fraction of sp³-hybridized carbons (Fsp3) is 0.429. The van der Waals surface area contributed by atoms with Gasteiger partial charge >= 0.3 is 6.01 Å². The maximum Gasteiger partial charge on any atom is 0.324 e. The Balaban J connectivity index is 1.58. The number of methoxy groups -OCH3 is 1. The van der Waals surface area contributed by atoms with Crippen molar-refractivity contribution >= 4 is 6.01 Å². The minimum atomic E-state index is 0.570. The Bertz CT molecular complexity index is 611. The Labute approximate surface area is 116 Å². The van der Waals surface area contributed by atoms with Gasteiger partial charge in [-0.15, -0.1) is 0 Å². The van der Waals surface area contributed by atoms with Gasteiger partial charge in [0.1, 0.15) is 5.75 Å². The van der Waals surface area contributed by atoms with Crippen LogP contribution in [0.15, 0.2) is 28.8 Å². The van der Waals surface area contributed by atoms with Crippen LogP contribution in [0, 0.1) is 0 Å². The number of rotatable bonds is 3. The molecule has 3 saturated heterocycles. The van der Waals surface area contributed by atoms with Crippen molar-refractivity contribution in [3.63, 3.8) is 0 Å². The molecule has 2 unspecified atom stereocenters. The van der Waals surface area contributed by atoms with Crippen molar-refractivity contribution in [2.75, 3.05) is 25.1 Å². The van der Waals surface area contributed by atoms with Gasteiger partial charge in [-0.2, -0.15) is 4.98 Å². The van der Waals surface area contributed by atoms with Crippen LogP contribution in [-0.4, -0.2) is 42.4 Å². The molecule has 2 bridgehead atoms. The summed E-state index contributed by atoms with van der Waals surface area (Å²) >= 11 is 0. The highest BCUT2D eigenvalue weighted by molar-refractivity contribution is 5.58. The molecule has 0 saturated carbocycles. The van der Waals surface area contributed by atoms with E-state index in [-0.39, 0.29) is 0 Å². The molecule has 1 aromatic carbocycles. The van der Waals surface area contributed by atoms with Gasteiger partial charge < -0.3 is 19.5 Å².